The zero-order valence-electron chi connectivity index (χ0n) is 9.10. The fourth-order valence-electron chi connectivity index (χ4n) is 1.76. The van der Waals surface area contributed by atoms with Crippen molar-refractivity contribution in [2.45, 2.75) is 44.7 Å². The highest BCUT2D eigenvalue weighted by molar-refractivity contribution is 4.88. The lowest BCUT2D eigenvalue weighted by atomic mass is 10.1. The van der Waals surface area contributed by atoms with Crippen LogP contribution in [0, 0.1) is 0 Å². The molecule has 84 valence electrons. The molecule has 1 heterocycles. The maximum absolute atomic E-state index is 9.83. The molecule has 0 aromatic carbocycles. The lowest BCUT2D eigenvalue weighted by Gasteiger charge is -2.18. The molecule has 1 fully saturated rings. The van der Waals surface area contributed by atoms with Gasteiger partial charge in [0.25, 0.3) is 0 Å². The molecular formula is C10H20O4. The van der Waals surface area contributed by atoms with E-state index in [1.54, 1.807) is 7.11 Å². The molecule has 4 heteroatoms. The highest BCUT2D eigenvalue weighted by Gasteiger charge is 2.40. The minimum atomic E-state index is -0.508. The predicted octanol–water partition coefficient (Wildman–Crippen LogP) is 0.576. The Morgan fingerprint density at radius 3 is 2.57 bits per heavy atom. The quantitative estimate of drug-likeness (QED) is 0.665. The summed E-state index contributed by atoms with van der Waals surface area (Å²) in [7, 11) is 1.63. The van der Waals surface area contributed by atoms with Crippen molar-refractivity contribution in [3.63, 3.8) is 0 Å². The van der Waals surface area contributed by atoms with Crippen molar-refractivity contribution in [1.82, 2.24) is 0 Å². The number of aliphatic hydroxyl groups excluding tert-OH is 1. The summed E-state index contributed by atoms with van der Waals surface area (Å²) >= 11 is 0. The van der Waals surface area contributed by atoms with Gasteiger partial charge in [0.05, 0.1) is 25.4 Å². The molecule has 0 aliphatic carbocycles. The van der Waals surface area contributed by atoms with E-state index in [1.807, 2.05) is 13.8 Å². The number of aliphatic hydroxyl groups is 1. The van der Waals surface area contributed by atoms with Gasteiger partial charge in [0.2, 0.25) is 0 Å². The molecule has 1 aliphatic rings. The molecule has 1 aliphatic heterocycles. The molecule has 0 spiro atoms. The second-order valence-corrected chi connectivity index (χ2v) is 3.61. The van der Waals surface area contributed by atoms with Crippen LogP contribution in [-0.4, -0.2) is 49.8 Å². The van der Waals surface area contributed by atoms with E-state index >= 15 is 0 Å². The Balaban J connectivity index is 2.36. The van der Waals surface area contributed by atoms with Crippen molar-refractivity contribution >= 4 is 0 Å². The summed E-state index contributed by atoms with van der Waals surface area (Å²) in [4.78, 5) is 0. The summed E-state index contributed by atoms with van der Waals surface area (Å²) in [6.45, 7) is 4.98. The first kappa shape index (κ1) is 11.9. The lowest BCUT2D eigenvalue weighted by molar-refractivity contribution is -0.0476. The fourth-order valence-corrected chi connectivity index (χ4v) is 1.76. The molecule has 0 aromatic rings. The monoisotopic (exact) mass is 204 g/mol. The number of rotatable bonds is 5. The number of hydrogen-bond donors (Lipinski definition) is 1. The smallest absolute Gasteiger partial charge is 0.112 e. The lowest BCUT2D eigenvalue weighted by Crippen LogP contribution is -2.35. The van der Waals surface area contributed by atoms with Gasteiger partial charge in [-0.15, -0.1) is 0 Å². The van der Waals surface area contributed by atoms with Crippen LogP contribution in [-0.2, 0) is 14.2 Å². The summed E-state index contributed by atoms with van der Waals surface area (Å²) in [6, 6.07) is 0. The third-order valence-corrected chi connectivity index (χ3v) is 2.57. The molecule has 0 amide bonds. The third kappa shape index (κ3) is 2.67. The minimum Gasteiger partial charge on any atom is -0.388 e. The van der Waals surface area contributed by atoms with Crippen molar-refractivity contribution in [3.05, 3.63) is 0 Å². The largest absolute Gasteiger partial charge is 0.388 e. The van der Waals surface area contributed by atoms with E-state index in [1.165, 1.54) is 0 Å². The number of ether oxygens (including phenoxy) is 3. The van der Waals surface area contributed by atoms with Crippen molar-refractivity contribution in [1.29, 1.82) is 0 Å². The second kappa shape index (κ2) is 5.66. The summed E-state index contributed by atoms with van der Waals surface area (Å²) in [5.74, 6) is 0. The van der Waals surface area contributed by atoms with Crippen LogP contribution in [0.3, 0.4) is 0 Å². The van der Waals surface area contributed by atoms with Gasteiger partial charge in [-0.3, -0.25) is 0 Å². The van der Waals surface area contributed by atoms with Gasteiger partial charge in [-0.1, -0.05) is 6.92 Å². The van der Waals surface area contributed by atoms with Crippen LogP contribution in [0.4, 0.5) is 0 Å². The minimum absolute atomic E-state index is 0.0354. The fraction of sp³-hybridized carbons (Fsp3) is 1.00. The van der Waals surface area contributed by atoms with Gasteiger partial charge in [-0.2, -0.15) is 0 Å². The van der Waals surface area contributed by atoms with Gasteiger partial charge in [-0.05, 0) is 13.3 Å². The van der Waals surface area contributed by atoms with Gasteiger partial charge in [0, 0.05) is 7.11 Å². The average molecular weight is 204 g/mol. The Bertz CT molecular complexity index is 162. The van der Waals surface area contributed by atoms with E-state index in [0.29, 0.717) is 13.2 Å². The van der Waals surface area contributed by atoms with Gasteiger partial charge < -0.3 is 19.3 Å². The van der Waals surface area contributed by atoms with Gasteiger partial charge in [-0.25, -0.2) is 0 Å². The molecule has 1 rings (SSSR count). The zero-order valence-corrected chi connectivity index (χ0v) is 9.10. The van der Waals surface area contributed by atoms with Gasteiger partial charge in [0.15, 0.2) is 0 Å². The molecule has 1 unspecified atom stereocenters. The Morgan fingerprint density at radius 2 is 2.07 bits per heavy atom. The van der Waals surface area contributed by atoms with E-state index in [2.05, 4.69) is 0 Å². The number of hydrogen-bond acceptors (Lipinski definition) is 4. The molecular weight excluding hydrogens is 184 g/mol. The van der Waals surface area contributed by atoms with Crippen LogP contribution in [0.15, 0.2) is 0 Å². The maximum Gasteiger partial charge on any atom is 0.112 e. The van der Waals surface area contributed by atoms with E-state index in [-0.39, 0.29) is 18.3 Å². The molecule has 0 radical (unpaired) electrons. The molecule has 0 saturated carbocycles. The standard InChI is InChI=1S/C10H20O4/c1-4-8-9(11)10(7(2)14-8)13-6-5-12-3/h7-11H,4-6H2,1-3H3/t7-,8+,9?,10+/m0/s1. The molecule has 0 aromatic heterocycles. The predicted molar refractivity (Wildman–Crippen MR) is 52.2 cm³/mol. The second-order valence-electron chi connectivity index (χ2n) is 3.61. The highest BCUT2D eigenvalue weighted by atomic mass is 16.6. The van der Waals surface area contributed by atoms with Crippen LogP contribution in [0.1, 0.15) is 20.3 Å². The first-order chi connectivity index (χ1) is 6.70. The van der Waals surface area contributed by atoms with E-state index in [9.17, 15) is 5.11 Å². The Labute approximate surface area is 85.2 Å². The maximum atomic E-state index is 9.83. The summed E-state index contributed by atoms with van der Waals surface area (Å²) in [5.41, 5.74) is 0. The summed E-state index contributed by atoms with van der Waals surface area (Å²) in [5, 5.41) is 9.83. The first-order valence-electron chi connectivity index (χ1n) is 5.14. The van der Waals surface area contributed by atoms with Gasteiger partial charge >= 0.3 is 0 Å². The van der Waals surface area contributed by atoms with Crippen molar-refractivity contribution in [2.24, 2.45) is 0 Å². The highest BCUT2D eigenvalue weighted by Crippen LogP contribution is 2.25. The topological polar surface area (TPSA) is 47.9 Å². The van der Waals surface area contributed by atoms with E-state index in [4.69, 9.17) is 14.2 Å². The Hall–Kier alpha value is -0.160. The zero-order chi connectivity index (χ0) is 10.6. The molecule has 4 atom stereocenters. The molecule has 4 nitrogen and oxygen atoms in total. The third-order valence-electron chi connectivity index (χ3n) is 2.57. The molecule has 1 saturated heterocycles. The summed E-state index contributed by atoms with van der Waals surface area (Å²) in [6.07, 6.45) is -0.0263. The summed E-state index contributed by atoms with van der Waals surface area (Å²) < 4.78 is 15.9. The van der Waals surface area contributed by atoms with Crippen LogP contribution < -0.4 is 0 Å². The SMILES string of the molecule is CC[C@H]1O[C@@H](C)[C@@H](OCCOC)C1O. The van der Waals surface area contributed by atoms with E-state index in [0.717, 1.165) is 6.42 Å². The van der Waals surface area contributed by atoms with Crippen LogP contribution in [0.5, 0.6) is 0 Å². The average Bonchev–Trinajstić information content (AvgIpc) is 2.45. The Kier molecular flexibility index (Phi) is 4.81. The number of methoxy groups -OCH3 is 1. The Morgan fingerprint density at radius 1 is 1.36 bits per heavy atom. The van der Waals surface area contributed by atoms with Crippen molar-refractivity contribution < 1.29 is 19.3 Å². The van der Waals surface area contributed by atoms with E-state index < -0.39 is 6.10 Å². The van der Waals surface area contributed by atoms with Gasteiger partial charge in [0.1, 0.15) is 12.2 Å². The van der Waals surface area contributed by atoms with Crippen LogP contribution in [0.25, 0.3) is 0 Å². The first-order valence-corrected chi connectivity index (χ1v) is 5.14. The van der Waals surface area contributed by atoms with Crippen molar-refractivity contribution in [2.75, 3.05) is 20.3 Å². The van der Waals surface area contributed by atoms with Crippen LogP contribution >= 0.6 is 0 Å². The molecule has 0 bridgehead atoms. The normalized spacial score (nSPS) is 37.7. The molecule has 1 N–H and O–H groups in total. The van der Waals surface area contributed by atoms with Crippen molar-refractivity contribution in [3.8, 4) is 0 Å². The van der Waals surface area contributed by atoms with Crippen LogP contribution in [0.2, 0.25) is 0 Å². The molecule has 14 heavy (non-hydrogen) atoms.